The number of thioether (sulfide) groups is 1. The van der Waals surface area contributed by atoms with Crippen molar-refractivity contribution in [3.05, 3.63) is 107 Å². The average molecular weight is 491 g/mol. The van der Waals surface area contributed by atoms with Crippen molar-refractivity contribution < 1.29 is 18.0 Å². The molecule has 0 aliphatic carbocycles. The Bertz CT molecular complexity index is 1640. The molecule has 0 spiro atoms. The first-order valence-electron chi connectivity index (χ1n) is 10.5. The van der Waals surface area contributed by atoms with Gasteiger partial charge in [0.1, 0.15) is 0 Å². The van der Waals surface area contributed by atoms with Crippen LogP contribution in [0.15, 0.2) is 88.8 Å². The summed E-state index contributed by atoms with van der Waals surface area (Å²) in [6, 6.07) is 21.0. The summed E-state index contributed by atoms with van der Waals surface area (Å²) in [5.74, 6) is -5.02. The lowest BCUT2D eigenvalue weighted by molar-refractivity contribution is -0.113. The van der Waals surface area contributed by atoms with Gasteiger partial charge in [0.25, 0.3) is 5.56 Å². The van der Waals surface area contributed by atoms with Gasteiger partial charge in [0.05, 0.1) is 22.3 Å². The van der Waals surface area contributed by atoms with Crippen molar-refractivity contribution in [2.45, 2.75) is 5.16 Å². The molecule has 1 amide bonds. The molecule has 4 aromatic carbocycles. The third-order valence-corrected chi connectivity index (χ3v) is 6.31. The van der Waals surface area contributed by atoms with Gasteiger partial charge in [0.2, 0.25) is 5.91 Å². The number of benzene rings is 4. The van der Waals surface area contributed by atoms with Crippen LogP contribution in [0.25, 0.3) is 27.4 Å². The lowest BCUT2D eigenvalue weighted by Crippen LogP contribution is -2.23. The van der Waals surface area contributed by atoms with Gasteiger partial charge in [-0.05, 0) is 23.6 Å². The highest BCUT2D eigenvalue weighted by atomic mass is 32.2. The van der Waals surface area contributed by atoms with Crippen LogP contribution in [-0.2, 0) is 4.79 Å². The van der Waals surface area contributed by atoms with Crippen LogP contribution in [0.4, 0.5) is 18.9 Å². The molecule has 0 radical (unpaired) electrons. The minimum atomic E-state index is -1.64. The summed E-state index contributed by atoms with van der Waals surface area (Å²) in [6.45, 7) is 0. The second-order valence-corrected chi connectivity index (χ2v) is 8.58. The fourth-order valence-electron chi connectivity index (χ4n) is 3.76. The zero-order valence-corrected chi connectivity index (χ0v) is 18.8. The molecule has 1 N–H and O–H groups in total. The van der Waals surface area contributed by atoms with E-state index in [4.69, 9.17) is 0 Å². The van der Waals surface area contributed by atoms with Gasteiger partial charge in [-0.2, -0.15) is 0 Å². The van der Waals surface area contributed by atoms with Crippen LogP contribution in [-0.4, -0.2) is 21.2 Å². The van der Waals surface area contributed by atoms with Crippen LogP contribution in [0.5, 0.6) is 0 Å². The number of halogens is 3. The molecule has 9 heteroatoms. The standard InChI is InChI=1S/C26H16F3N3O2S/c27-19-12-16(13-20(28)24(19)29)32-25(34)18-9-3-4-10-22(18)31-26(32)35-14-23(33)30-21-11-5-7-15-6-1-2-8-17(15)21/h1-13H,14H2,(H,30,33). The SMILES string of the molecule is O=C(CSc1nc2ccccc2c(=O)n1-c1cc(F)c(F)c(F)c1)Nc1cccc2ccccc12. The van der Waals surface area contributed by atoms with E-state index in [2.05, 4.69) is 10.3 Å². The Hall–Kier alpha value is -4.11. The zero-order chi connectivity index (χ0) is 24.5. The molecule has 1 heterocycles. The normalized spacial score (nSPS) is 11.2. The number of aromatic nitrogens is 2. The first-order chi connectivity index (χ1) is 16.9. The molecule has 5 aromatic rings. The number of nitrogens with one attached hydrogen (secondary N) is 1. The third-order valence-electron chi connectivity index (χ3n) is 5.37. The van der Waals surface area contributed by atoms with Gasteiger partial charge < -0.3 is 5.32 Å². The van der Waals surface area contributed by atoms with Crippen LogP contribution in [0.1, 0.15) is 0 Å². The molecule has 0 aliphatic rings. The fourth-order valence-corrected chi connectivity index (χ4v) is 4.57. The minimum absolute atomic E-state index is 0.0344. The summed E-state index contributed by atoms with van der Waals surface area (Å²) in [7, 11) is 0. The fraction of sp³-hybridized carbons (Fsp3) is 0.0385. The van der Waals surface area contributed by atoms with E-state index >= 15 is 0 Å². The molecule has 0 bridgehead atoms. The predicted molar refractivity (Wildman–Crippen MR) is 131 cm³/mol. The van der Waals surface area contributed by atoms with Crippen LogP contribution in [0.3, 0.4) is 0 Å². The lowest BCUT2D eigenvalue weighted by atomic mass is 10.1. The molecular weight excluding hydrogens is 475 g/mol. The Morgan fingerprint density at radius 1 is 0.886 bits per heavy atom. The summed E-state index contributed by atoms with van der Waals surface area (Å²) in [5.41, 5.74) is 0.147. The van der Waals surface area contributed by atoms with Gasteiger partial charge in [0.15, 0.2) is 22.6 Å². The molecule has 0 saturated heterocycles. The number of amides is 1. The topological polar surface area (TPSA) is 64.0 Å². The summed E-state index contributed by atoms with van der Waals surface area (Å²) in [5, 5.41) is 4.92. The lowest BCUT2D eigenvalue weighted by Gasteiger charge is -2.14. The second kappa shape index (κ2) is 9.27. The van der Waals surface area contributed by atoms with Crippen molar-refractivity contribution in [1.29, 1.82) is 0 Å². The first kappa shape index (κ1) is 22.7. The van der Waals surface area contributed by atoms with E-state index in [0.717, 1.165) is 39.2 Å². The number of fused-ring (bicyclic) bond motifs is 2. The minimum Gasteiger partial charge on any atom is -0.325 e. The maximum Gasteiger partial charge on any atom is 0.266 e. The Labute approximate surface area is 201 Å². The van der Waals surface area contributed by atoms with E-state index in [1.165, 1.54) is 6.07 Å². The molecule has 0 atom stereocenters. The van der Waals surface area contributed by atoms with E-state index in [9.17, 15) is 22.8 Å². The monoisotopic (exact) mass is 491 g/mol. The maximum absolute atomic E-state index is 14.0. The number of carbonyl (C=O) groups excluding carboxylic acids is 1. The van der Waals surface area contributed by atoms with Crippen molar-refractivity contribution in [2.24, 2.45) is 0 Å². The number of hydrogen-bond acceptors (Lipinski definition) is 4. The number of para-hydroxylation sites is 1. The van der Waals surface area contributed by atoms with E-state index in [0.29, 0.717) is 11.2 Å². The number of anilines is 1. The molecule has 35 heavy (non-hydrogen) atoms. The van der Waals surface area contributed by atoms with Gasteiger partial charge in [-0.15, -0.1) is 0 Å². The largest absolute Gasteiger partial charge is 0.325 e. The van der Waals surface area contributed by atoms with Crippen molar-refractivity contribution >= 4 is 45.0 Å². The average Bonchev–Trinajstić information content (AvgIpc) is 2.86. The van der Waals surface area contributed by atoms with Crippen molar-refractivity contribution in [3.8, 4) is 5.69 Å². The maximum atomic E-state index is 14.0. The Morgan fingerprint density at radius 3 is 2.31 bits per heavy atom. The molecule has 174 valence electrons. The highest BCUT2D eigenvalue weighted by Crippen LogP contribution is 2.26. The van der Waals surface area contributed by atoms with Gasteiger partial charge in [0, 0.05) is 23.2 Å². The second-order valence-electron chi connectivity index (χ2n) is 7.64. The molecular formula is C26H16F3N3O2S. The number of carbonyl (C=O) groups is 1. The summed E-state index contributed by atoms with van der Waals surface area (Å²) < 4.78 is 42.4. The first-order valence-corrected chi connectivity index (χ1v) is 11.5. The number of nitrogens with zero attached hydrogens (tertiary/aromatic N) is 2. The van der Waals surface area contributed by atoms with Crippen LogP contribution in [0.2, 0.25) is 0 Å². The Morgan fingerprint density at radius 2 is 1.54 bits per heavy atom. The van der Waals surface area contributed by atoms with Gasteiger partial charge in [-0.3, -0.25) is 14.2 Å². The van der Waals surface area contributed by atoms with Crippen LogP contribution < -0.4 is 10.9 Å². The quantitative estimate of drug-likeness (QED) is 0.195. The van der Waals surface area contributed by atoms with E-state index < -0.39 is 23.0 Å². The van der Waals surface area contributed by atoms with Gasteiger partial charge in [-0.1, -0.05) is 60.3 Å². The van der Waals surface area contributed by atoms with Crippen LogP contribution >= 0.6 is 11.8 Å². The highest BCUT2D eigenvalue weighted by molar-refractivity contribution is 7.99. The Kier molecular flexibility index (Phi) is 6.00. The molecule has 0 fully saturated rings. The molecule has 5 nitrogen and oxygen atoms in total. The molecule has 5 rings (SSSR count). The zero-order valence-electron chi connectivity index (χ0n) is 18.0. The summed E-state index contributed by atoms with van der Waals surface area (Å²) >= 11 is 0.921. The van der Waals surface area contributed by atoms with E-state index in [-0.39, 0.29) is 27.9 Å². The summed E-state index contributed by atoms with van der Waals surface area (Å²) in [6.07, 6.45) is 0. The van der Waals surface area contributed by atoms with E-state index in [1.807, 2.05) is 36.4 Å². The van der Waals surface area contributed by atoms with E-state index in [1.54, 1.807) is 24.3 Å². The number of hydrogen-bond donors (Lipinski definition) is 1. The van der Waals surface area contributed by atoms with Crippen molar-refractivity contribution in [3.63, 3.8) is 0 Å². The highest BCUT2D eigenvalue weighted by Gasteiger charge is 2.18. The van der Waals surface area contributed by atoms with Gasteiger partial charge in [-0.25, -0.2) is 18.2 Å². The Balaban J connectivity index is 1.50. The predicted octanol–water partition coefficient (Wildman–Crippen LogP) is 5.69. The van der Waals surface area contributed by atoms with Gasteiger partial charge >= 0.3 is 0 Å². The third kappa shape index (κ3) is 4.38. The van der Waals surface area contributed by atoms with Crippen molar-refractivity contribution in [1.82, 2.24) is 9.55 Å². The molecule has 0 saturated carbocycles. The molecule has 0 unspecified atom stereocenters. The number of rotatable bonds is 5. The summed E-state index contributed by atoms with van der Waals surface area (Å²) in [4.78, 5) is 30.4. The smallest absolute Gasteiger partial charge is 0.266 e. The van der Waals surface area contributed by atoms with Crippen LogP contribution in [0, 0.1) is 17.5 Å². The molecule has 1 aromatic heterocycles. The molecule has 0 aliphatic heterocycles. The van der Waals surface area contributed by atoms with Crippen molar-refractivity contribution in [2.75, 3.05) is 11.1 Å².